The Morgan fingerprint density at radius 3 is 3.00 bits per heavy atom. The minimum absolute atomic E-state index is 0.508. The van der Waals surface area contributed by atoms with Crippen molar-refractivity contribution in [3.8, 4) is 0 Å². The lowest BCUT2D eigenvalue weighted by molar-refractivity contribution is 0.145. The number of nitrogens with zero attached hydrogens (tertiary/aromatic N) is 3. The van der Waals surface area contributed by atoms with E-state index in [0.29, 0.717) is 12.5 Å². The Labute approximate surface area is 137 Å². The van der Waals surface area contributed by atoms with Crippen molar-refractivity contribution in [3.63, 3.8) is 0 Å². The molecular formula is C17H27N5O. The van der Waals surface area contributed by atoms with E-state index in [1.54, 1.807) is 0 Å². The minimum atomic E-state index is 0.508. The number of imidazole rings is 1. The van der Waals surface area contributed by atoms with Crippen molar-refractivity contribution in [1.29, 1.82) is 0 Å². The Kier molecular flexibility index (Phi) is 6.87. The summed E-state index contributed by atoms with van der Waals surface area (Å²) in [5.74, 6) is 1.55. The van der Waals surface area contributed by atoms with Crippen LogP contribution in [0.15, 0.2) is 29.3 Å². The highest BCUT2D eigenvalue weighted by atomic mass is 16.5. The summed E-state index contributed by atoms with van der Waals surface area (Å²) in [6.45, 7) is 7.94. The highest BCUT2D eigenvalue weighted by Crippen LogP contribution is 2.15. The maximum Gasteiger partial charge on any atom is 0.188 e. The molecule has 0 aliphatic rings. The fourth-order valence-electron chi connectivity index (χ4n) is 2.50. The molecule has 0 aliphatic heterocycles. The van der Waals surface area contributed by atoms with Gasteiger partial charge in [0.1, 0.15) is 5.82 Å². The van der Waals surface area contributed by atoms with Gasteiger partial charge in [-0.3, -0.25) is 4.99 Å². The van der Waals surface area contributed by atoms with E-state index in [0.717, 1.165) is 50.5 Å². The zero-order valence-electron chi connectivity index (χ0n) is 14.1. The molecular weight excluding hydrogens is 290 g/mol. The summed E-state index contributed by atoms with van der Waals surface area (Å²) in [4.78, 5) is 8.93. The van der Waals surface area contributed by atoms with E-state index in [1.807, 2.05) is 32.0 Å². The average Bonchev–Trinajstić information content (AvgIpc) is 2.87. The molecule has 0 radical (unpaired) electrons. The number of fused-ring (bicyclic) bond motifs is 1. The summed E-state index contributed by atoms with van der Waals surface area (Å²) in [6, 6.07) is 8.21. The first-order chi connectivity index (χ1) is 11.2. The van der Waals surface area contributed by atoms with E-state index >= 15 is 0 Å². The number of nitrogens with two attached hydrogens (primary N) is 1. The van der Waals surface area contributed by atoms with Gasteiger partial charge in [-0.1, -0.05) is 12.1 Å². The number of aryl methyl sites for hydroxylation is 2. The molecule has 6 nitrogen and oxygen atoms in total. The monoisotopic (exact) mass is 317 g/mol. The van der Waals surface area contributed by atoms with Crippen molar-refractivity contribution in [2.75, 3.05) is 26.3 Å². The van der Waals surface area contributed by atoms with E-state index < -0.39 is 0 Å². The number of hydrogen-bond acceptors (Lipinski definition) is 3. The zero-order valence-corrected chi connectivity index (χ0v) is 14.1. The van der Waals surface area contributed by atoms with E-state index in [9.17, 15) is 0 Å². The second-order valence-corrected chi connectivity index (χ2v) is 5.40. The third-order valence-corrected chi connectivity index (χ3v) is 3.64. The molecule has 0 bridgehead atoms. The summed E-state index contributed by atoms with van der Waals surface area (Å²) in [7, 11) is 0. The van der Waals surface area contributed by atoms with E-state index in [-0.39, 0.29) is 0 Å². The van der Waals surface area contributed by atoms with Crippen molar-refractivity contribution in [1.82, 2.24) is 14.9 Å². The van der Waals surface area contributed by atoms with Crippen LogP contribution in [0.1, 0.15) is 25.6 Å². The van der Waals surface area contributed by atoms with Crippen molar-refractivity contribution < 1.29 is 4.74 Å². The highest BCUT2D eigenvalue weighted by molar-refractivity contribution is 5.77. The van der Waals surface area contributed by atoms with Gasteiger partial charge in [-0.05, 0) is 38.8 Å². The molecule has 0 saturated heterocycles. The molecule has 2 rings (SSSR count). The zero-order chi connectivity index (χ0) is 16.5. The van der Waals surface area contributed by atoms with Gasteiger partial charge in [-0.2, -0.15) is 0 Å². The third kappa shape index (κ3) is 5.25. The summed E-state index contributed by atoms with van der Waals surface area (Å²) in [6.07, 6.45) is 1.87. The largest absolute Gasteiger partial charge is 0.382 e. The van der Waals surface area contributed by atoms with Crippen LogP contribution >= 0.6 is 0 Å². The molecule has 1 heterocycles. The lowest BCUT2D eigenvalue weighted by atomic mass is 10.3. The van der Waals surface area contributed by atoms with Gasteiger partial charge in [0.2, 0.25) is 0 Å². The molecule has 23 heavy (non-hydrogen) atoms. The van der Waals surface area contributed by atoms with Crippen LogP contribution in [0.25, 0.3) is 11.0 Å². The van der Waals surface area contributed by atoms with Crippen LogP contribution in [0, 0.1) is 6.92 Å². The molecule has 3 N–H and O–H groups in total. The predicted octanol–water partition coefficient (Wildman–Crippen LogP) is 2.07. The number of nitrogens with one attached hydrogen (secondary N) is 1. The Balaban J connectivity index is 1.74. The Morgan fingerprint density at radius 1 is 1.35 bits per heavy atom. The lowest BCUT2D eigenvalue weighted by Gasteiger charge is -2.07. The van der Waals surface area contributed by atoms with Crippen LogP contribution in [0.5, 0.6) is 0 Å². The van der Waals surface area contributed by atoms with Crippen LogP contribution in [0.3, 0.4) is 0 Å². The fourth-order valence-corrected chi connectivity index (χ4v) is 2.50. The summed E-state index contributed by atoms with van der Waals surface area (Å²) < 4.78 is 7.50. The second-order valence-electron chi connectivity index (χ2n) is 5.40. The molecule has 0 atom stereocenters. The molecule has 1 aromatic heterocycles. The molecule has 1 aromatic carbocycles. The summed E-state index contributed by atoms with van der Waals surface area (Å²) >= 11 is 0. The standard InChI is InChI=1S/C17H27N5O/c1-3-23-13-7-11-20-17(18)19-10-6-12-22-14(2)21-15-8-4-5-9-16(15)22/h4-5,8-9H,3,6-7,10-13H2,1-2H3,(H3,18,19,20). The Bertz CT molecular complexity index is 635. The van der Waals surface area contributed by atoms with Crippen molar-refractivity contribution in [3.05, 3.63) is 30.1 Å². The Hall–Kier alpha value is -2.08. The molecule has 0 fully saturated rings. The summed E-state index contributed by atoms with van der Waals surface area (Å²) in [5.41, 5.74) is 8.07. The number of rotatable bonds is 9. The topological polar surface area (TPSA) is 77.5 Å². The maximum atomic E-state index is 5.85. The average molecular weight is 317 g/mol. The number of benzene rings is 1. The number of para-hydroxylation sites is 2. The van der Waals surface area contributed by atoms with Gasteiger partial charge >= 0.3 is 0 Å². The normalized spacial score (nSPS) is 12.0. The van der Waals surface area contributed by atoms with Crippen LogP contribution in [-0.4, -0.2) is 41.8 Å². The van der Waals surface area contributed by atoms with Gasteiger partial charge in [-0.25, -0.2) is 4.98 Å². The lowest BCUT2D eigenvalue weighted by Crippen LogP contribution is -2.33. The number of aromatic nitrogens is 2. The number of guanidine groups is 1. The van der Waals surface area contributed by atoms with Gasteiger partial charge in [-0.15, -0.1) is 0 Å². The summed E-state index contributed by atoms with van der Waals surface area (Å²) in [5, 5.41) is 3.10. The number of ether oxygens (including phenoxy) is 1. The van der Waals surface area contributed by atoms with Crippen LogP contribution in [-0.2, 0) is 11.3 Å². The molecule has 0 aliphatic carbocycles. The van der Waals surface area contributed by atoms with Crippen molar-refractivity contribution in [2.45, 2.75) is 33.2 Å². The molecule has 6 heteroatoms. The molecule has 0 amide bonds. The number of hydrogen-bond donors (Lipinski definition) is 2. The fraction of sp³-hybridized carbons (Fsp3) is 0.529. The van der Waals surface area contributed by atoms with Crippen LogP contribution in [0.2, 0.25) is 0 Å². The van der Waals surface area contributed by atoms with Crippen LogP contribution in [0.4, 0.5) is 0 Å². The molecule has 0 saturated carbocycles. The smallest absolute Gasteiger partial charge is 0.188 e. The number of aliphatic imine (C=N–C) groups is 1. The predicted molar refractivity (Wildman–Crippen MR) is 94.7 cm³/mol. The Morgan fingerprint density at radius 2 is 2.17 bits per heavy atom. The molecule has 126 valence electrons. The van der Waals surface area contributed by atoms with Gasteiger partial charge < -0.3 is 20.4 Å². The van der Waals surface area contributed by atoms with Gasteiger partial charge in [0, 0.05) is 32.8 Å². The van der Waals surface area contributed by atoms with Crippen LogP contribution < -0.4 is 11.1 Å². The van der Waals surface area contributed by atoms with Gasteiger partial charge in [0.25, 0.3) is 0 Å². The molecule has 0 unspecified atom stereocenters. The maximum absolute atomic E-state index is 5.85. The highest BCUT2D eigenvalue weighted by Gasteiger charge is 2.05. The van der Waals surface area contributed by atoms with Crippen molar-refractivity contribution in [2.24, 2.45) is 10.7 Å². The first-order valence-electron chi connectivity index (χ1n) is 8.25. The second kappa shape index (κ2) is 9.15. The van der Waals surface area contributed by atoms with E-state index in [1.165, 1.54) is 5.52 Å². The third-order valence-electron chi connectivity index (χ3n) is 3.64. The minimum Gasteiger partial charge on any atom is -0.382 e. The quantitative estimate of drug-likeness (QED) is 0.422. The van der Waals surface area contributed by atoms with E-state index in [2.05, 4.69) is 25.9 Å². The van der Waals surface area contributed by atoms with Gasteiger partial charge in [0.05, 0.1) is 11.0 Å². The van der Waals surface area contributed by atoms with E-state index in [4.69, 9.17) is 10.5 Å². The first-order valence-corrected chi connectivity index (χ1v) is 8.25. The molecule has 2 aromatic rings. The molecule has 0 spiro atoms. The van der Waals surface area contributed by atoms with Gasteiger partial charge in [0.15, 0.2) is 5.96 Å². The van der Waals surface area contributed by atoms with Crippen molar-refractivity contribution >= 4 is 17.0 Å². The SMILES string of the molecule is CCOCCCNC(N)=NCCCn1c(C)nc2ccccc21. The first kappa shape index (κ1) is 17.3.